The van der Waals surface area contributed by atoms with Crippen molar-refractivity contribution in [3.8, 4) is 0 Å². The minimum absolute atomic E-state index is 0.0409. The lowest BCUT2D eigenvalue weighted by Crippen LogP contribution is -2.43. The van der Waals surface area contributed by atoms with Crippen LogP contribution in [0.25, 0.3) is 0 Å². The van der Waals surface area contributed by atoms with Crippen molar-refractivity contribution in [3.63, 3.8) is 0 Å². The molecule has 2 nitrogen and oxygen atoms in total. The Morgan fingerprint density at radius 2 is 1.76 bits per heavy atom. The van der Waals surface area contributed by atoms with E-state index in [-0.39, 0.29) is 6.10 Å². The third kappa shape index (κ3) is 5.87. The minimum Gasteiger partial charge on any atom is -0.393 e. The number of rotatable bonds is 8. The second kappa shape index (κ2) is 8.93. The highest BCUT2D eigenvalue weighted by atomic mass is 16.3. The first kappa shape index (κ1) is 15.0. The lowest BCUT2D eigenvalue weighted by atomic mass is 9.92. The first-order chi connectivity index (χ1) is 8.27. The molecule has 2 heteroatoms. The second-order valence-corrected chi connectivity index (χ2v) is 5.59. The van der Waals surface area contributed by atoms with Gasteiger partial charge >= 0.3 is 0 Å². The van der Waals surface area contributed by atoms with E-state index in [0.717, 1.165) is 25.9 Å². The Bertz CT molecular complexity index is 184. The monoisotopic (exact) mass is 241 g/mol. The lowest BCUT2D eigenvalue weighted by molar-refractivity contribution is 0.0246. The third-order valence-electron chi connectivity index (χ3n) is 4.13. The van der Waals surface area contributed by atoms with E-state index in [1.807, 2.05) is 0 Å². The van der Waals surface area contributed by atoms with Gasteiger partial charge in [0.1, 0.15) is 0 Å². The summed E-state index contributed by atoms with van der Waals surface area (Å²) in [5.41, 5.74) is 0. The van der Waals surface area contributed by atoms with Gasteiger partial charge in [-0.3, -0.25) is 0 Å². The molecule has 1 fully saturated rings. The number of piperidine rings is 1. The minimum atomic E-state index is -0.0409. The van der Waals surface area contributed by atoms with Crippen molar-refractivity contribution in [1.29, 1.82) is 0 Å². The Kier molecular flexibility index (Phi) is 7.87. The van der Waals surface area contributed by atoms with E-state index in [2.05, 4.69) is 18.7 Å². The van der Waals surface area contributed by atoms with E-state index >= 15 is 0 Å². The molecular weight excluding hydrogens is 210 g/mol. The highest BCUT2D eigenvalue weighted by Crippen LogP contribution is 2.20. The summed E-state index contributed by atoms with van der Waals surface area (Å²) >= 11 is 0. The van der Waals surface area contributed by atoms with Gasteiger partial charge in [0.15, 0.2) is 0 Å². The first-order valence-electron chi connectivity index (χ1n) is 7.68. The lowest BCUT2D eigenvalue weighted by Gasteiger charge is -2.35. The van der Waals surface area contributed by atoms with E-state index in [1.54, 1.807) is 0 Å². The van der Waals surface area contributed by atoms with Gasteiger partial charge in [0, 0.05) is 13.1 Å². The Balaban J connectivity index is 2.03. The van der Waals surface area contributed by atoms with Crippen molar-refractivity contribution in [3.05, 3.63) is 0 Å². The van der Waals surface area contributed by atoms with Crippen LogP contribution in [0.2, 0.25) is 0 Å². The van der Waals surface area contributed by atoms with Crippen LogP contribution in [0, 0.1) is 5.92 Å². The molecule has 1 heterocycles. The highest BCUT2D eigenvalue weighted by Gasteiger charge is 2.25. The molecule has 0 aromatic heterocycles. The van der Waals surface area contributed by atoms with Crippen LogP contribution in [0.15, 0.2) is 0 Å². The Morgan fingerprint density at radius 1 is 1.06 bits per heavy atom. The summed E-state index contributed by atoms with van der Waals surface area (Å²) in [5, 5.41) is 9.83. The largest absolute Gasteiger partial charge is 0.393 e. The smallest absolute Gasteiger partial charge is 0.0592 e. The standard InChI is InChI=1S/C15H31NO/c1-3-5-6-7-8-9-11-16-12-10-15(17)14(4-2)13-16/h14-15,17H,3-13H2,1-2H3. The van der Waals surface area contributed by atoms with Crippen molar-refractivity contribution in [2.75, 3.05) is 19.6 Å². The number of likely N-dealkylation sites (tertiary alicyclic amines) is 1. The van der Waals surface area contributed by atoms with E-state index in [0.29, 0.717) is 5.92 Å². The number of hydrogen-bond acceptors (Lipinski definition) is 2. The fourth-order valence-corrected chi connectivity index (χ4v) is 2.82. The Hall–Kier alpha value is -0.0800. The van der Waals surface area contributed by atoms with E-state index < -0.39 is 0 Å². The SMILES string of the molecule is CCCCCCCCN1CCC(O)C(CC)C1. The molecule has 1 saturated heterocycles. The van der Waals surface area contributed by atoms with E-state index in [4.69, 9.17) is 0 Å². The molecule has 0 amide bonds. The van der Waals surface area contributed by atoms with Crippen LogP contribution in [-0.2, 0) is 0 Å². The molecule has 0 spiro atoms. The maximum atomic E-state index is 9.83. The Morgan fingerprint density at radius 3 is 2.47 bits per heavy atom. The van der Waals surface area contributed by atoms with Crippen LogP contribution < -0.4 is 0 Å². The topological polar surface area (TPSA) is 23.5 Å². The van der Waals surface area contributed by atoms with E-state index in [9.17, 15) is 5.11 Å². The second-order valence-electron chi connectivity index (χ2n) is 5.59. The summed E-state index contributed by atoms with van der Waals surface area (Å²) in [7, 11) is 0. The molecule has 1 aliphatic heterocycles. The third-order valence-corrected chi connectivity index (χ3v) is 4.13. The van der Waals surface area contributed by atoms with Crippen LogP contribution in [0.4, 0.5) is 0 Å². The first-order valence-corrected chi connectivity index (χ1v) is 7.68. The zero-order valence-corrected chi connectivity index (χ0v) is 11.8. The fraction of sp³-hybridized carbons (Fsp3) is 1.00. The summed E-state index contributed by atoms with van der Waals surface area (Å²) in [4.78, 5) is 2.56. The predicted molar refractivity (Wildman–Crippen MR) is 74.2 cm³/mol. The summed E-state index contributed by atoms with van der Waals surface area (Å²) < 4.78 is 0. The van der Waals surface area contributed by atoms with Gasteiger partial charge < -0.3 is 10.0 Å². The molecule has 1 aliphatic rings. The highest BCUT2D eigenvalue weighted by molar-refractivity contribution is 4.78. The van der Waals surface area contributed by atoms with Crippen molar-refractivity contribution in [2.24, 2.45) is 5.92 Å². The van der Waals surface area contributed by atoms with Crippen LogP contribution in [0.5, 0.6) is 0 Å². The van der Waals surface area contributed by atoms with Crippen molar-refractivity contribution in [2.45, 2.75) is 71.3 Å². The summed E-state index contributed by atoms with van der Waals surface area (Å²) in [6, 6.07) is 0. The average molecular weight is 241 g/mol. The average Bonchev–Trinajstić information content (AvgIpc) is 2.35. The summed E-state index contributed by atoms with van der Waals surface area (Å²) in [6.07, 6.45) is 10.3. The van der Waals surface area contributed by atoms with Gasteiger partial charge in [0.2, 0.25) is 0 Å². The van der Waals surface area contributed by atoms with Crippen LogP contribution >= 0.6 is 0 Å². The van der Waals surface area contributed by atoms with Gasteiger partial charge in [-0.15, -0.1) is 0 Å². The van der Waals surface area contributed by atoms with Crippen molar-refractivity contribution < 1.29 is 5.11 Å². The molecule has 0 saturated carbocycles. The summed E-state index contributed by atoms with van der Waals surface area (Å²) in [6.45, 7) is 7.93. The fourth-order valence-electron chi connectivity index (χ4n) is 2.82. The number of hydrogen-bond donors (Lipinski definition) is 1. The molecule has 102 valence electrons. The van der Waals surface area contributed by atoms with Crippen molar-refractivity contribution >= 4 is 0 Å². The van der Waals surface area contributed by atoms with Crippen LogP contribution in [-0.4, -0.2) is 35.7 Å². The Labute approximate surface area is 107 Å². The van der Waals surface area contributed by atoms with Gasteiger partial charge in [0.05, 0.1) is 6.10 Å². The molecule has 0 aliphatic carbocycles. The molecule has 17 heavy (non-hydrogen) atoms. The van der Waals surface area contributed by atoms with E-state index in [1.165, 1.54) is 45.1 Å². The van der Waals surface area contributed by atoms with Gasteiger partial charge in [-0.05, 0) is 31.7 Å². The van der Waals surface area contributed by atoms with Gasteiger partial charge in [-0.1, -0.05) is 46.0 Å². The molecule has 0 aromatic rings. The zero-order chi connectivity index (χ0) is 12.5. The normalized spacial score (nSPS) is 26.3. The molecule has 0 aromatic carbocycles. The molecule has 0 bridgehead atoms. The van der Waals surface area contributed by atoms with Gasteiger partial charge in [-0.2, -0.15) is 0 Å². The van der Waals surface area contributed by atoms with Crippen molar-refractivity contribution in [1.82, 2.24) is 4.90 Å². The number of aliphatic hydroxyl groups excluding tert-OH is 1. The quantitative estimate of drug-likeness (QED) is 0.658. The number of aliphatic hydroxyl groups is 1. The maximum Gasteiger partial charge on any atom is 0.0592 e. The molecule has 1 rings (SSSR count). The number of nitrogens with zero attached hydrogens (tertiary/aromatic N) is 1. The zero-order valence-electron chi connectivity index (χ0n) is 11.8. The van der Waals surface area contributed by atoms with Crippen LogP contribution in [0.1, 0.15) is 65.2 Å². The molecule has 2 unspecified atom stereocenters. The molecule has 0 radical (unpaired) electrons. The summed E-state index contributed by atoms with van der Waals surface area (Å²) in [5.74, 6) is 0.517. The molecular formula is C15H31NO. The van der Waals surface area contributed by atoms with Crippen LogP contribution in [0.3, 0.4) is 0 Å². The maximum absolute atomic E-state index is 9.83. The van der Waals surface area contributed by atoms with Gasteiger partial charge in [-0.25, -0.2) is 0 Å². The molecule has 2 atom stereocenters. The van der Waals surface area contributed by atoms with Gasteiger partial charge in [0.25, 0.3) is 0 Å². The number of unbranched alkanes of at least 4 members (excludes halogenated alkanes) is 5. The predicted octanol–water partition coefficient (Wildman–Crippen LogP) is 3.44. The molecule has 1 N–H and O–H groups in total.